The van der Waals surface area contributed by atoms with E-state index in [1.165, 1.54) is 0 Å². The van der Waals surface area contributed by atoms with Gasteiger partial charge in [0.1, 0.15) is 12.4 Å². The molecule has 1 amide bonds. The third-order valence-corrected chi connectivity index (χ3v) is 3.31. The number of nitrogens with zero attached hydrogens (tertiary/aromatic N) is 2. The summed E-state index contributed by atoms with van der Waals surface area (Å²) in [7, 11) is 0. The van der Waals surface area contributed by atoms with Crippen molar-refractivity contribution in [1.29, 1.82) is 0 Å². The molecule has 0 aliphatic carbocycles. The number of carboxylic acids is 1. The van der Waals surface area contributed by atoms with Gasteiger partial charge in [0.25, 0.3) is 0 Å². The molecule has 1 heterocycles. The minimum Gasteiger partial charge on any atom is -0.486 e. The van der Waals surface area contributed by atoms with Crippen molar-refractivity contribution in [2.75, 3.05) is 5.32 Å². The molecular formula is C13H10ClN3O4S. The molecule has 2 N–H and O–H groups in total. The molecule has 1 aromatic heterocycles. The smallest absolute Gasteiger partial charge is 0.328 e. The van der Waals surface area contributed by atoms with E-state index in [1.807, 2.05) is 0 Å². The van der Waals surface area contributed by atoms with Crippen LogP contribution in [0.4, 0.5) is 5.13 Å². The largest absolute Gasteiger partial charge is 0.486 e. The van der Waals surface area contributed by atoms with Crippen LogP contribution in [0.25, 0.3) is 0 Å². The van der Waals surface area contributed by atoms with Gasteiger partial charge >= 0.3 is 5.97 Å². The molecule has 0 aliphatic rings. The monoisotopic (exact) mass is 339 g/mol. The summed E-state index contributed by atoms with van der Waals surface area (Å²) in [5, 5.41) is 19.9. The minimum absolute atomic E-state index is 0.195. The summed E-state index contributed by atoms with van der Waals surface area (Å²) in [4.78, 5) is 21.7. The molecular weight excluding hydrogens is 330 g/mol. The average Bonchev–Trinajstić information content (AvgIpc) is 2.92. The Hall–Kier alpha value is -2.45. The first-order valence-corrected chi connectivity index (χ1v) is 7.15. The molecule has 0 spiro atoms. The van der Waals surface area contributed by atoms with E-state index in [9.17, 15) is 9.59 Å². The third-order valence-electron chi connectivity index (χ3n) is 2.25. The summed E-state index contributed by atoms with van der Waals surface area (Å²) in [5.41, 5.74) is 0. The van der Waals surface area contributed by atoms with Crippen LogP contribution in [0.5, 0.6) is 5.75 Å². The van der Waals surface area contributed by atoms with Gasteiger partial charge in [0.05, 0.1) is 0 Å². The number of halogens is 1. The minimum atomic E-state index is -1.20. The summed E-state index contributed by atoms with van der Waals surface area (Å²) in [5.74, 6) is -1.16. The molecule has 0 atom stereocenters. The quantitative estimate of drug-likeness (QED) is 0.783. The van der Waals surface area contributed by atoms with Crippen LogP contribution in [0.1, 0.15) is 5.01 Å². The number of nitrogens with one attached hydrogen (secondary N) is 1. The standard InChI is InChI=1S/C13H10ClN3O4S/c14-8-1-3-9(4-2-8)21-7-11-16-17-13(22-11)15-10(18)5-6-12(19)20/h1-6H,7H2,(H,19,20)(H,15,17,18). The first-order chi connectivity index (χ1) is 10.5. The number of ether oxygens (including phenoxy) is 1. The SMILES string of the molecule is O=C(O)C=CC(=O)Nc1nnc(COc2ccc(Cl)cc2)s1. The average molecular weight is 340 g/mol. The lowest BCUT2D eigenvalue weighted by Crippen LogP contribution is -2.08. The van der Waals surface area contributed by atoms with Crippen molar-refractivity contribution in [2.24, 2.45) is 0 Å². The van der Waals surface area contributed by atoms with Gasteiger partial charge in [-0.2, -0.15) is 0 Å². The maximum absolute atomic E-state index is 11.4. The van der Waals surface area contributed by atoms with Crippen LogP contribution in [-0.2, 0) is 16.2 Å². The van der Waals surface area contributed by atoms with E-state index in [0.29, 0.717) is 15.8 Å². The second kappa shape index (κ2) is 7.53. The number of carbonyl (C=O) groups excluding carboxylic acids is 1. The molecule has 0 saturated carbocycles. The summed E-state index contributed by atoms with van der Waals surface area (Å²) in [6, 6.07) is 6.86. The fourth-order valence-corrected chi connectivity index (χ4v) is 2.11. The Bertz CT molecular complexity index is 700. The predicted octanol–water partition coefficient (Wildman–Crippen LogP) is 2.35. The number of hydrogen-bond acceptors (Lipinski definition) is 6. The number of aromatic nitrogens is 2. The number of rotatable bonds is 6. The highest BCUT2D eigenvalue weighted by Gasteiger charge is 2.07. The number of aliphatic carboxylic acids is 1. The zero-order chi connectivity index (χ0) is 15.9. The molecule has 0 radical (unpaired) electrons. The Balaban J connectivity index is 1.87. The fourth-order valence-electron chi connectivity index (χ4n) is 1.33. The highest BCUT2D eigenvalue weighted by Crippen LogP contribution is 2.19. The van der Waals surface area contributed by atoms with Crippen LogP contribution in [0.3, 0.4) is 0 Å². The normalized spacial score (nSPS) is 10.6. The second-order valence-corrected chi connectivity index (χ2v) is 5.40. The van der Waals surface area contributed by atoms with Gasteiger partial charge in [-0.25, -0.2) is 4.79 Å². The Morgan fingerprint density at radius 1 is 1.27 bits per heavy atom. The van der Waals surface area contributed by atoms with Gasteiger partial charge in [0.15, 0.2) is 5.01 Å². The second-order valence-electron chi connectivity index (χ2n) is 3.90. The van der Waals surface area contributed by atoms with Gasteiger partial charge in [0.2, 0.25) is 11.0 Å². The Kier molecular flexibility index (Phi) is 5.45. The lowest BCUT2D eigenvalue weighted by Gasteiger charge is -2.02. The molecule has 0 fully saturated rings. The Morgan fingerprint density at radius 2 is 2.00 bits per heavy atom. The number of amides is 1. The van der Waals surface area contributed by atoms with Crippen molar-refractivity contribution < 1.29 is 19.4 Å². The van der Waals surface area contributed by atoms with Crippen molar-refractivity contribution in [3.8, 4) is 5.75 Å². The molecule has 2 aromatic rings. The van der Waals surface area contributed by atoms with E-state index in [0.717, 1.165) is 23.5 Å². The third kappa shape index (κ3) is 5.15. The van der Waals surface area contributed by atoms with Crippen LogP contribution in [0, 0.1) is 0 Å². The van der Waals surface area contributed by atoms with E-state index < -0.39 is 11.9 Å². The van der Waals surface area contributed by atoms with Gasteiger partial charge < -0.3 is 9.84 Å². The lowest BCUT2D eigenvalue weighted by molar-refractivity contribution is -0.131. The highest BCUT2D eigenvalue weighted by atomic mass is 35.5. The molecule has 7 nitrogen and oxygen atoms in total. The number of carbonyl (C=O) groups is 2. The summed E-state index contributed by atoms with van der Waals surface area (Å²) >= 11 is 6.90. The topological polar surface area (TPSA) is 101 Å². The molecule has 0 saturated heterocycles. The number of hydrogen-bond donors (Lipinski definition) is 2. The Morgan fingerprint density at radius 3 is 2.68 bits per heavy atom. The van der Waals surface area contributed by atoms with E-state index >= 15 is 0 Å². The van der Waals surface area contributed by atoms with E-state index in [4.69, 9.17) is 21.4 Å². The van der Waals surface area contributed by atoms with Gasteiger partial charge in [-0.15, -0.1) is 10.2 Å². The number of anilines is 1. The molecule has 22 heavy (non-hydrogen) atoms. The van der Waals surface area contributed by atoms with Crippen molar-refractivity contribution in [1.82, 2.24) is 10.2 Å². The van der Waals surface area contributed by atoms with E-state index in [-0.39, 0.29) is 11.7 Å². The van der Waals surface area contributed by atoms with Crippen LogP contribution in [0.15, 0.2) is 36.4 Å². The fraction of sp³-hybridized carbons (Fsp3) is 0.0769. The molecule has 0 bridgehead atoms. The Labute approximate surface area is 134 Å². The summed E-state index contributed by atoms with van der Waals surface area (Å²) < 4.78 is 5.49. The van der Waals surface area contributed by atoms with Crippen LogP contribution in [-0.4, -0.2) is 27.2 Å². The number of benzene rings is 1. The van der Waals surface area contributed by atoms with Crippen molar-refractivity contribution >= 4 is 39.9 Å². The molecule has 2 rings (SSSR count). The van der Waals surface area contributed by atoms with Crippen LogP contribution >= 0.6 is 22.9 Å². The number of carboxylic acid groups (broad SMARTS) is 1. The van der Waals surface area contributed by atoms with Gasteiger partial charge in [-0.3, -0.25) is 10.1 Å². The molecule has 1 aromatic carbocycles. The zero-order valence-electron chi connectivity index (χ0n) is 11.0. The van der Waals surface area contributed by atoms with E-state index in [1.54, 1.807) is 24.3 Å². The van der Waals surface area contributed by atoms with Gasteiger partial charge in [-0.1, -0.05) is 22.9 Å². The van der Waals surface area contributed by atoms with Gasteiger partial charge in [-0.05, 0) is 24.3 Å². The lowest BCUT2D eigenvalue weighted by atomic mass is 10.3. The van der Waals surface area contributed by atoms with Gasteiger partial charge in [0, 0.05) is 17.2 Å². The molecule has 9 heteroatoms. The van der Waals surface area contributed by atoms with Crippen molar-refractivity contribution in [2.45, 2.75) is 6.61 Å². The first kappa shape index (κ1) is 15.9. The molecule has 0 aliphatic heterocycles. The van der Waals surface area contributed by atoms with E-state index in [2.05, 4.69) is 15.5 Å². The molecule has 114 valence electrons. The van der Waals surface area contributed by atoms with Crippen LogP contribution in [0.2, 0.25) is 5.02 Å². The highest BCUT2D eigenvalue weighted by molar-refractivity contribution is 7.15. The first-order valence-electron chi connectivity index (χ1n) is 5.95. The zero-order valence-corrected chi connectivity index (χ0v) is 12.6. The maximum atomic E-state index is 11.4. The maximum Gasteiger partial charge on any atom is 0.328 e. The summed E-state index contributed by atoms with van der Waals surface area (Å²) in [6.45, 7) is 0.195. The predicted molar refractivity (Wildman–Crippen MR) is 81.1 cm³/mol. The van der Waals surface area contributed by atoms with Crippen LogP contribution < -0.4 is 10.1 Å². The van der Waals surface area contributed by atoms with Crippen molar-refractivity contribution in [3.63, 3.8) is 0 Å². The summed E-state index contributed by atoms with van der Waals surface area (Å²) in [6.07, 6.45) is 1.63. The molecule has 0 unspecified atom stereocenters. The van der Waals surface area contributed by atoms with Crippen molar-refractivity contribution in [3.05, 3.63) is 46.4 Å².